The van der Waals surface area contributed by atoms with Crippen LogP contribution in [-0.4, -0.2) is 45.2 Å². The molecule has 2 N–H and O–H groups in total. The second-order valence-electron chi connectivity index (χ2n) is 8.78. The van der Waals surface area contributed by atoms with E-state index in [0.717, 1.165) is 31.7 Å². The highest BCUT2D eigenvalue weighted by Gasteiger charge is 2.51. The highest BCUT2D eigenvalue weighted by molar-refractivity contribution is 5.99. The zero-order valence-corrected chi connectivity index (χ0v) is 18.1. The van der Waals surface area contributed by atoms with Gasteiger partial charge in [-0.15, -0.1) is 0 Å². The molecule has 174 valence electrons. The molecule has 1 aromatic heterocycles. The summed E-state index contributed by atoms with van der Waals surface area (Å²) in [5.41, 5.74) is -1.42. The highest BCUT2D eigenvalue weighted by atomic mass is 19.1. The van der Waals surface area contributed by atoms with E-state index < -0.39 is 34.6 Å². The first kappa shape index (κ1) is 21.4. The lowest BCUT2D eigenvalue weighted by Gasteiger charge is -2.45. The molecule has 2 amide bonds. The Morgan fingerprint density at radius 1 is 1.24 bits per heavy atom. The average molecular weight is 458 g/mol. The van der Waals surface area contributed by atoms with Crippen molar-refractivity contribution in [3.63, 3.8) is 0 Å². The SMILES string of the molecule is CCN1C(=O)c2c(O)c(=O)c(C(=O)NCc3ccc(F)cc3F)cn2N2[C@@H]3CCC[C@@H]3C[C@@H]12. The predicted molar refractivity (Wildman–Crippen MR) is 114 cm³/mol. The van der Waals surface area contributed by atoms with E-state index in [-0.39, 0.29) is 35.6 Å². The average Bonchev–Trinajstić information content (AvgIpc) is 3.36. The molecule has 1 aromatic carbocycles. The molecular weight excluding hydrogens is 434 g/mol. The Kier molecular flexibility index (Phi) is 5.10. The number of nitrogens with zero attached hydrogens (tertiary/aromatic N) is 3. The molecule has 33 heavy (non-hydrogen) atoms. The van der Waals surface area contributed by atoms with Gasteiger partial charge in [-0.2, -0.15) is 0 Å². The van der Waals surface area contributed by atoms with Crippen LogP contribution in [0.2, 0.25) is 0 Å². The Bertz CT molecular complexity index is 1210. The van der Waals surface area contributed by atoms with Crippen LogP contribution in [0.4, 0.5) is 8.78 Å². The molecule has 1 saturated heterocycles. The first-order valence-electron chi connectivity index (χ1n) is 11.1. The van der Waals surface area contributed by atoms with Crippen LogP contribution in [0, 0.1) is 17.6 Å². The molecule has 2 aromatic rings. The first-order chi connectivity index (χ1) is 15.8. The second kappa shape index (κ2) is 7.86. The minimum atomic E-state index is -0.969. The lowest BCUT2D eigenvalue weighted by atomic mass is 10.0. The van der Waals surface area contributed by atoms with E-state index in [0.29, 0.717) is 18.5 Å². The Balaban J connectivity index is 1.52. The lowest BCUT2D eigenvalue weighted by molar-refractivity contribution is 0.0594. The monoisotopic (exact) mass is 458 g/mol. The minimum Gasteiger partial charge on any atom is -0.502 e. The second-order valence-corrected chi connectivity index (χ2v) is 8.78. The van der Waals surface area contributed by atoms with Gasteiger partial charge in [-0.05, 0) is 38.2 Å². The predicted octanol–water partition coefficient (Wildman–Crippen LogP) is 2.07. The van der Waals surface area contributed by atoms with Gasteiger partial charge in [-0.1, -0.05) is 12.5 Å². The molecule has 8 nitrogen and oxygen atoms in total. The zero-order valence-electron chi connectivity index (χ0n) is 18.1. The number of aromatic nitrogens is 1. The van der Waals surface area contributed by atoms with Crippen LogP contribution in [0.5, 0.6) is 5.75 Å². The molecule has 3 heterocycles. The van der Waals surface area contributed by atoms with Crippen LogP contribution in [-0.2, 0) is 6.54 Å². The van der Waals surface area contributed by atoms with Crippen molar-refractivity contribution in [2.75, 3.05) is 11.6 Å². The van der Waals surface area contributed by atoms with E-state index in [1.165, 1.54) is 16.9 Å². The summed E-state index contributed by atoms with van der Waals surface area (Å²) < 4.78 is 28.5. The Labute approximate surface area is 188 Å². The Hall–Kier alpha value is -3.43. The van der Waals surface area contributed by atoms with Crippen molar-refractivity contribution in [1.82, 2.24) is 14.9 Å². The number of carbonyl (C=O) groups excluding carboxylic acids is 2. The van der Waals surface area contributed by atoms with Crippen LogP contribution in [0.1, 0.15) is 59.0 Å². The molecule has 3 atom stereocenters. The number of fused-ring (bicyclic) bond motifs is 5. The van der Waals surface area contributed by atoms with Gasteiger partial charge in [0.05, 0.1) is 6.04 Å². The van der Waals surface area contributed by atoms with Crippen LogP contribution < -0.4 is 15.8 Å². The number of rotatable bonds is 4. The fourth-order valence-corrected chi connectivity index (χ4v) is 5.51. The molecule has 10 heteroatoms. The van der Waals surface area contributed by atoms with Crippen LogP contribution in [0.15, 0.2) is 29.2 Å². The van der Waals surface area contributed by atoms with E-state index in [9.17, 15) is 28.3 Å². The summed E-state index contributed by atoms with van der Waals surface area (Å²) in [6, 6.07) is 3.12. The van der Waals surface area contributed by atoms with Gasteiger partial charge < -0.3 is 15.3 Å². The number of nitrogens with one attached hydrogen (secondary N) is 1. The summed E-state index contributed by atoms with van der Waals surface area (Å²) in [4.78, 5) is 40.5. The molecule has 0 radical (unpaired) electrons. The molecule has 5 rings (SSSR count). The van der Waals surface area contributed by atoms with Gasteiger partial charge in [0.1, 0.15) is 23.4 Å². The Morgan fingerprint density at radius 2 is 2.03 bits per heavy atom. The number of aromatic hydroxyl groups is 1. The van der Waals surface area contributed by atoms with Gasteiger partial charge in [0.15, 0.2) is 11.4 Å². The molecule has 0 spiro atoms. The summed E-state index contributed by atoms with van der Waals surface area (Å²) in [6.07, 6.45) is 4.90. The summed E-state index contributed by atoms with van der Waals surface area (Å²) in [6.45, 7) is 2.01. The van der Waals surface area contributed by atoms with Crippen LogP contribution >= 0.6 is 0 Å². The number of amides is 2. The summed E-state index contributed by atoms with van der Waals surface area (Å²) in [5, 5.41) is 15.1. The topological polar surface area (TPSA) is 94.9 Å². The highest BCUT2D eigenvalue weighted by Crippen LogP contribution is 2.43. The van der Waals surface area contributed by atoms with Gasteiger partial charge in [-0.3, -0.25) is 24.1 Å². The molecule has 0 unspecified atom stereocenters. The van der Waals surface area contributed by atoms with Gasteiger partial charge in [-0.25, -0.2) is 8.78 Å². The van der Waals surface area contributed by atoms with E-state index in [2.05, 4.69) is 5.32 Å². The summed E-state index contributed by atoms with van der Waals surface area (Å²) in [5.74, 6) is -3.22. The van der Waals surface area contributed by atoms with Gasteiger partial charge >= 0.3 is 0 Å². The van der Waals surface area contributed by atoms with Crippen molar-refractivity contribution < 1.29 is 23.5 Å². The maximum Gasteiger partial charge on any atom is 0.278 e. The molecule has 2 fully saturated rings. The lowest BCUT2D eigenvalue weighted by Crippen LogP contribution is -2.60. The van der Waals surface area contributed by atoms with Crippen LogP contribution in [0.25, 0.3) is 0 Å². The van der Waals surface area contributed by atoms with E-state index in [1.54, 1.807) is 4.90 Å². The van der Waals surface area contributed by atoms with Crippen molar-refractivity contribution in [3.05, 3.63) is 63.1 Å². The largest absolute Gasteiger partial charge is 0.502 e. The van der Waals surface area contributed by atoms with Crippen molar-refractivity contribution in [3.8, 4) is 5.75 Å². The number of pyridine rings is 1. The van der Waals surface area contributed by atoms with E-state index in [4.69, 9.17) is 0 Å². The van der Waals surface area contributed by atoms with Crippen LogP contribution in [0.3, 0.4) is 0 Å². The van der Waals surface area contributed by atoms with Crippen molar-refractivity contribution in [1.29, 1.82) is 0 Å². The number of halogens is 2. The fourth-order valence-electron chi connectivity index (χ4n) is 5.51. The summed E-state index contributed by atoms with van der Waals surface area (Å²) in [7, 11) is 0. The van der Waals surface area contributed by atoms with Crippen molar-refractivity contribution in [2.45, 2.75) is 51.4 Å². The maximum atomic E-state index is 13.9. The molecular formula is C23H24F2N4O4. The minimum absolute atomic E-state index is 0.0502. The standard InChI is InChI=1S/C23H24F2N4O4/c1-2-27-18-8-12-4-3-5-17(12)29(18)28-11-15(20(30)21(31)19(28)23(27)33)22(32)26-10-13-6-7-14(24)9-16(13)25/h6-7,9,11-12,17-18,31H,2-5,8,10H2,1H3,(H,26,32)/t12-,17-,18+/m1/s1. The summed E-state index contributed by atoms with van der Waals surface area (Å²) >= 11 is 0. The van der Waals surface area contributed by atoms with Gasteiger partial charge in [0.25, 0.3) is 11.8 Å². The normalized spacial score (nSPS) is 23.4. The van der Waals surface area contributed by atoms with Gasteiger partial charge in [0, 0.05) is 30.9 Å². The molecule has 2 aliphatic heterocycles. The van der Waals surface area contributed by atoms with Crippen molar-refractivity contribution >= 4 is 11.8 Å². The zero-order chi connectivity index (χ0) is 23.4. The van der Waals surface area contributed by atoms with E-state index >= 15 is 0 Å². The fraction of sp³-hybridized carbons (Fsp3) is 0.435. The third-order valence-corrected chi connectivity index (χ3v) is 7.05. The third kappa shape index (κ3) is 3.27. The Morgan fingerprint density at radius 3 is 2.76 bits per heavy atom. The molecule has 0 bridgehead atoms. The number of hydrogen-bond donors (Lipinski definition) is 2. The van der Waals surface area contributed by atoms with Gasteiger partial charge in [0.2, 0.25) is 5.43 Å². The quantitative estimate of drug-likeness (QED) is 0.732. The van der Waals surface area contributed by atoms with E-state index in [1.807, 2.05) is 11.9 Å². The maximum absolute atomic E-state index is 13.9. The number of benzene rings is 1. The first-order valence-corrected chi connectivity index (χ1v) is 11.1. The molecule has 1 saturated carbocycles. The van der Waals surface area contributed by atoms with Crippen molar-refractivity contribution in [2.24, 2.45) is 5.92 Å². The smallest absolute Gasteiger partial charge is 0.278 e. The third-order valence-electron chi connectivity index (χ3n) is 7.05. The molecule has 3 aliphatic rings. The number of carbonyl (C=O) groups is 2. The number of hydrogen-bond acceptors (Lipinski definition) is 5. The molecule has 1 aliphatic carbocycles.